The molecule has 0 fully saturated rings. The van der Waals surface area contributed by atoms with Crippen LogP contribution in [0.1, 0.15) is 202 Å². The molecule has 0 aliphatic carbocycles. The van der Waals surface area contributed by atoms with E-state index in [1.807, 2.05) is 37.3 Å². The summed E-state index contributed by atoms with van der Waals surface area (Å²) in [6.07, 6.45) is 8.78. The van der Waals surface area contributed by atoms with E-state index in [-0.39, 0.29) is 38.4 Å². The Morgan fingerprint density at radius 3 is 0.964 bits per heavy atom. The Bertz CT molecular complexity index is 3970. The van der Waals surface area contributed by atoms with Gasteiger partial charge < -0.3 is 15.3 Å². The number of hydrogen-bond acceptors (Lipinski definition) is 3. The molecule has 10 rings (SSSR count). The summed E-state index contributed by atoms with van der Waals surface area (Å²) in [5.41, 5.74) is 25.6. The predicted molar refractivity (Wildman–Crippen MR) is 357 cm³/mol. The van der Waals surface area contributed by atoms with Gasteiger partial charge in [-0.05, 0) is 186 Å². The van der Waals surface area contributed by atoms with Gasteiger partial charge in [-0.3, -0.25) is 4.79 Å². The Morgan fingerprint density at radius 1 is 0.349 bits per heavy atom. The van der Waals surface area contributed by atoms with Gasteiger partial charge in [-0.25, -0.2) is 9.97 Å². The molecule has 0 saturated heterocycles. The fourth-order valence-corrected chi connectivity index (χ4v) is 11.2. The molecule has 0 spiro atoms. The highest BCUT2D eigenvalue weighted by Gasteiger charge is 2.28. The SMILES string of the molecule is Cc1ccc(C(=O)Nc2cccc(-c3c4nc(c(-c5cc(C(C)(C)C)cc(C(C)(C)C)c5)c5ccc([nH]5)c(-c5cc(C(C)(C)C)cc(C(C)(C)C)c5)c5nc(c(-c6cc(C(C)(C)C)cc(C(C)(C)C)c6)c6ccc3[nH]6)C=C5)C=C4)c2)cc1C. The van der Waals surface area contributed by atoms with Gasteiger partial charge in [-0.1, -0.05) is 197 Å². The summed E-state index contributed by atoms with van der Waals surface area (Å²) in [5.74, 6) is -0.161. The summed E-state index contributed by atoms with van der Waals surface area (Å²) >= 11 is 0. The van der Waals surface area contributed by atoms with E-state index >= 15 is 0 Å². The van der Waals surface area contributed by atoms with Gasteiger partial charge in [0.25, 0.3) is 5.91 Å². The summed E-state index contributed by atoms with van der Waals surface area (Å²) < 4.78 is 0. The monoisotopic (exact) mass is 1100 g/mol. The number of nitrogens with one attached hydrogen (secondary N) is 3. The zero-order valence-electron chi connectivity index (χ0n) is 53.2. The van der Waals surface area contributed by atoms with Crippen molar-refractivity contribution in [2.75, 3.05) is 5.32 Å². The number of fused-ring (bicyclic) bond motifs is 8. The molecular weight excluding hydrogens is 1010 g/mol. The quantitative estimate of drug-likeness (QED) is 0.155. The lowest BCUT2D eigenvalue weighted by molar-refractivity contribution is 0.102. The molecule has 426 valence electrons. The first-order chi connectivity index (χ1) is 38.6. The summed E-state index contributed by atoms with van der Waals surface area (Å²) in [5, 5.41) is 3.24. The minimum Gasteiger partial charge on any atom is -0.354 e. The van der Waals surface area contributed by atoms with Crippen LogP contribution in [0.4, 0.5) is 5.69 Å². The maximum absolute atomic E-state index is 14.0. The van der Waals surface area contributed by atoms with Gasteiger partial charge in [0.1, 0.15) is 0 Å². The molecule has 2 aliphatic rings. The van der Waals surface area contributed by atoms with Crippen molar-refractivity contribution in [1.82, 2.24) is 19.9 Å². The average Bonchev–Trinajstić information content (AvgIpc) is 3.94. The van der Waals surface area contributed by atoms with Crippen LogP contribution in [0.3, 0.4) is 0 Å². The van der Waals surface area contributed by atoms with E-state index in [4.69, 9.17) is 9.97 Å². The van der Waals surface area contributed by atoms with Crippen LogP contribution in [-0.4, -0.2) is 25.8 Å². The first kappa shape index (κ1) is 58.4. The number of amides is 1. The standard InChI is InChI=1S/C77H87N5O/c1-45-24-25-48(34-46(45)2)71(83)78-58-23-21-22-47(41-58)67-59-26-28-61(79-59)68(49-35-52(72(3,4)5)42-53(36-49)73(6,7)8)63-30-32-65(81-63)70(51-39-56(76(15,16)17)44-57(40-51)77(18,19)20)66-33-31-64(82-66)69(62-29-27-60(67)80-62)50-37-54(74(9,10)11)43-55(38-50)75(12,13)14/h21-44,79,82H,1-20H3,(H,78,83). The van der Waals surface area contributed by atoms with Crippen molar-refractivity contribution in [1.29, 1.82) is 0 Å². The molecule has 3 aromatic heterocycles. The number of H-pyrrole nitrogens is 2. The maximum Gasteiger partial charge on any atom is 0.255 e. The minimum atomic E-state index is -0.161. The van der Waals surface area contributed by atoms with E-state index in [0.717, 1.165) is 100 Å². The number of carbonyl (C=O) groups is 1. The van der Waals surface area contributed by atoms with Crippen LogP contribution in [0.15, 0.2) is 121 Å². The number of anilines is 1. The average molecular weight is 1100 g/mol. The van der Waals surface area contributed by atoms with Crippen LogP contribution in [0.25, 0.3) is 90.9 Å². The van der Waals surface area contributed by atoms with Crippen LogP contribution in [0.5, 0.6) is 0 Å². The highest BCUT2D eigenvalue weighted by atomic mass is 16.1. The highest BCUT2D eigenvalue weighted by Crippen LogP contribution is 2.44. The normalized spacial score (nSPS) is 13.3. The molecule has 6 nitrogen and oxygen atoms in total. The number of nitrogens with zero attached hydrogens (tertiary/aromatic N) is 2. The molecule has 8 aromatic rings. The number of aromatic amines is 2. The number of aryl methyl sites for hydroxylation is 2. The minimum absolute atomic E-state index is 0.119. The summed E-state index contributed by atoms with van der Waals surface area (Å²) in [6, 6.07) is 44.3. The van der Waals surface area contributed by atoms with Gasteiger partial charge in [0, 0.05) is 55.6 Å². The Labute approximate surface area is 495 Å². The van der Waals surface area contributed by atoms with Crippen molar-refractivity contribution in [3.63, 3.8) is 0 Å². The number of carbonyl (C=O) groups excluding carboxylic acids is 1. The van der Waals surface area contributed by atoms with Gasteiger partial charge in [0.15, 0.2) is 0 Å². The molecule has 0 atom stereocenters. The fourth-order valence-electron chi connectivity index (χ4n) is 11.2. The second-order valence-corrected chi connectivity index (χ2v) is 29.7. The van der Waals surface area contributed by atoms with Crippen molar-refractivity contribution in [2.45, 2.75) is 171 Å². The number of hydrogen-bond donors (Lipinski definition) is 3. The van der Waals surface area contributed by atoms with Crippen LogP contribution in [0, 0.1) is 13.8 Å². The van der Waals surface area contributed by atoms with Crippen LogP contribution in [-0.2, 0) is 32.5 Å². The Morgan fingerprint density at radius 2 is 0.663 bits per heavy atom. The van der Waals surface area contributed by atoms with Crippen molar-refractivity contribution in [3.8, 4) is 44.5 Å². The Hall–Kier alpha value is -7.83. The molecule has 6 heteroatoms. The summed E-state index contributed by atoms with van der Waals surface area (Å²) in [4.78, 5) is 33.7. The molecule has 8 bridgehead atoms. The largest absolute Gasteiger partial charge is 0.354 e. The third-order valence-corrected chi connectivity index (χ3v) is 16.8. The third-order valence-electron chi connectivity index (χ3n) is 16.8. The van der Waals surface area contributed by atoms with Gasteiger partial charge in [-0.2, -0.15) is 0 Å². The Kier molecular flexibility index (Phi) is 14.6. The van der Waals surface area contributed by atoms with Gasteiger partial charge in [-0.15, -0.1) is 0 Å². The Balaban J connectivity index is 1.39. The van der Waals surface area contributed by atoms with Crippen molar-refractivity contribution >= 4 is 58.0 Å². The lowest BCUT2D eigenvalue weighted by Crippen LogP contribution is -2.16. The van der Waals surface area contributed by atoms with E-state index in [1.54, 1.807) is 0 Å². The molecule has 3 N–H and O–H groups in total. The molecule has 0 saturated carbocycles. The first-order valence-electron chi connectivity index (χ1n) is 29.7. The van der Waals surface area contributed by atoms with Gasteiger partial charge >= 0.3 is 0 Å². The topological polar surface area (TPSA) is 86.5 Å². The smallest absolute Gasteiger partial charge is 0.255 e. The summed E-state index contributed by atoms with van der Waals surface area (Å²) in [6.45, 7) is 45.5. The molecule has 2 aliphatic heterocycles. The van der Waals surface area contributed by atoms with Crippen molar-refractivity contribution in [3.05, 3.63) is 194 Å². The molecule has 83 heavy (non-hydrogen) atoms. The van der Waals surface area contributed by atoms with Crippen LogP contribution in [0.2, 0.25) is 0 Å². The number of aromatic nitrogens is 4. The maximum atomic E-state index is 14.0. The van der Waals surface area contributed by atoms with E-state index < -0.39 is 0 Å². The lowest BCUT2D eigenvalue weighted by atomic mass is 9.78. The fraction of sp³-hybridized carbons (Fsp3) is 0.338. The number of benzene rings is 5. The van der Waals surface area contributed by atoms with E-state index in [9.17, 15) is 4.79 Å². The van der Waals surface area contributed by atoms with E-state index in [2.05, 4.69) is 262 Å². The third kappa shape index (κ3) is 12.0. The molecule has 1 amide bonds. The first-order valence-corrected chi connectivity index (χ1v) is 29.7. The predicted octanol–water partition coefficient (Wildman–Crippen LogP) is 21.0. The second kappa shape index (κ2) is 20.8. The summed E-state index contributed by atoms with van der Waals surface area (Å²) in [7, 11) is 0. The van der Waals surface area contributed by atoms with Gasteiger partial charge in [0.05, 0.1) is 22.8 Å². The zero-order chi connectivity index (χ0) is 60.1. The van der Waals surface area contributed by atoms with Crippen LogP contribution < -0.4 is 5.32 Å². The van der Waals surface area contributed by atoms with Crippen molar-refractivity contribution in [2.24, 2.45) is 0 Å². The molecule has 0 unspecified atom stereocenters. The molecular formula is C77H87N5O. The van der Waals surface area contributed by atoms with Crippen LogP contribution >= 0.6 is 0 Å². The molecule has 5 aromatic carbocycles. The lowest BCUT2D eigenvalue weighted by Gasteiger charge is -2.26. The van der Waals surface area contributed by atoms with Crippen molar-refractivity contribution < 1.29 is 4.79 Å². The number of rotatable bonds is 6. The second-order valence-electron chi connectivity index (χ2n) is 29.7. The molecule has 0 radical (unpaired) electrons. The van der Waals surface area contributed by atoms with E-state index in [0.29, 0.717) is 11.3 Å². The molecule has 5 heterocycles. The van der Waals surface area contributed by atoms with Gasteiger partial charge in [0.2, 0.25) is 0 Å². The highest BCUT2D eigenvalue weighted by molar-refractivity contribution is 6.05. The van der Waals surface area contributed by atoms with E-state index in [1.165, 1.54) is 33.4 Å². The zero-order valence-corrected chi connectivity index (χ0v) is 53.2.